The second-order valence-electron chi connectivity index (χ2n) is 1.70. The van der Waals surface area contributed by atoms with Crippen LogP contribution in [0.3, 0.4) is 0 Å². The summed E-state index contributed by atoms with van der Waals surface area (Å²) >= 11 is 0. The minimum Gasteiger partial charge on any atom is -0.528 e. The Morgan fingerprint density at radius 2 is 1.07 bits per heavy atom. The molecule has 0 heterocycles. The minimum absolute atomic E-state index is 0. The number of carbonyl (C=O) groups excluding carboxylic acids is 3. The van der Waals surface area contributed by atoms with Gasteiger partial charge in [0.15, 0.2) is 0 Å². The van der Waals surface area contributed by atoms with Crippen LogP contribution >= 0.6 is 0 Å². The molecular formula is C6H13BNaO6. The summed E-state index contributed by atoms with van der Waals surface area (Å²) in [7, 11) is 4.47. The van der Waals surface area contributed by atoms with E-state index in [1.54, 1.807) is 0 Å². The quantitative estimate of drug-likeness (QED) is 0.228. The fourth-order valence-corrected chi connectivity index (χ4v) is 0.202. The summed E-state index contributed by atoms with van der Waals surface area (Å²) in [5.74, 6) is -1.12. The monoisotopic (exact) mass is 215 g/mol. The second-order valence-corrected chi connectivity index (χ2v) is 1.70. The number of rotatable bonds is 0. The van der Waals surface area contributed by atoms with E-state index in [-0.39, 0.29) is 46.2 Å². The first-order valence-corrected chi connectivity index (χ1v) is 2.81. The maximum absolute atomic E-state index is 9.81. The van der Waals surface area contributed by atoms with Crippen molar-refractivity contribution in [2.24, 2.45) is 0 Å². The second kappa shape index (κ2) is 18.6. The van der Waals surface area contributed by atoms with Gasteiger partial charge >= 0.3 is 41.5 Å². The van der Waals surface area contributed by atoms with Crippen molar-refractivity contribution in [3.63, 3.8) is 0 Å². The fourth-order valence-electron chi connectivity index (χ4n) is 0.202. The van der Waals surface area contributed by atoms with E-state index in [2.05, 4.69) is 12.6 Å². The Labute approximate surface area is 106 Å². The van der Waals surface area contributed by atoms with E-state index in [4.69, 9.17) is 0 Å². The van der Waals surface area contributed by atoms with Gasteiger partial charge in [-0.2, -0.15) is 0 Å². The van der Waals surface area contributed by atoms with Crippen LogP contribution in [0.15, 0.2) is 0 Å². The number of carbonyl (C=O) groups is 3. The Bertz CT molecular complexity index is 156. The van der Waals surface area contributed by atoms with Crippen LogP contribution in [-0.2, 0) is 19.1 Å². The normalized spacial score (nSPS) is 5.71. The van der Waals surface area contributed by atoms with Gasteiger partial charge in [-0.15, -0.1) is 5.68 Å². The Balaban J connectivity index is -0.0000000347. The zero-order valence-electron chi connectivity index (χ0n) is 8.71. The Morgan fingerprint density at radius 3 is 1.07 bits per heavy atom. The van der Waals surface area contributed by atoms with E-state index < -0.39 is 11.9 Å². The first kappa shape index (κ1) is 29.2. The van der Waals surface area contributed by atoms with Crippen LogP contribution in [0.5, 0.6) is 0 Å². The Hall–Kier alpha value is -0.205. The molecule has 3 radical (unpaired) electrons. The molecule has 0 aromatic rings. The maximum atomic E-state index is 9.81. The Morgan fingerprint density at radius 1 is 0.929 bits per heavy atom. The van der Waals surface area contributed by atoms with Crippen LogP contribution in [0, 0.1) is 0 Å². The van der Waals surface area contributed by atoms with E-state index in [1.165, 1.54) is 20.8 Å². The molecule has 4 N–H and O–H groups in total. The van der Waals surface area contributed by atoms with Crippen molar-refractivity contribution in [1.82, 2.24) is 0 Å². The average molecular weight is 215 g/mol. The molecule has 0 saturated carbocycles. The topological polar surface area (TPSA) is 123 Å². The molecule has 0 rings (SSSR count). The molecule has 0 aromatic carbocycles. The fraction of sp³-hybridized carbons (Fsp3) is 0.500. The van der Waals surface area contributed by atoms with Crippen LogP contribution in [-0.4, -0.2) is 36.4 Å². The molecule has 6 nitrogen and oxygen atoms in total. The summed E-state index contributed by atoms with van der Waals surface area (Å²) in [6.07, 6.45) is 0. The van der Waals surface area contributed by atoms with Gasteiger partial charge in [-0.05, 0) is 0 Å². The standard InChI is InChI=1S/C4H6O3.C2H3BO.Na.2H2O/c1-3(5)7-4(2)6;1-2(3)4;;;/h1-2H3;1H3;;2*1H2/q;-1;+1;;. The SMILES string of the molecule is CC(=O)OC(C)=O.O.O.[B-]C(C)=O.[Na+]. The number of ether oxygens (including phenoxy) is 1. The molecule has 0 aliphatic rings. The van der Waals surface area contributed by atoms with Crippen molar-refractivity contribution >= 4 is 25.5 Å². The molecule has 0 atom stereocenters. The summed E-state index contributed by atoms with van der Waals surface area (Å²) in [5.41, 5.74) is -0.333. The van der Waals surface area contributed by atoms with Crippen LogP contribution < -0.4 is 29.6 Å². The minimum atomic E-state index is -0.562. The van der Waals surface area contributed by atoms with E-state index in [0.29, 0.717) is 0 Å². The molecule has 77 valence electrons. The van der Waals surface area contributed by atoms with E-state index in [1.807, 2.05) is 0 Å². The summed E-state index contributed by atoms with van der Waals surface area (Å²) in [4.78, 5) is 28.8. The van der Waals surface area contributed by atoms with E-state index in [9.17, 15) is 14.4 Å². The first-order valence-electron chi connectivity index (χ1n) is 2.81. The zero-order chi connectivity index (χ0) is 9.44. The van der Waals surface area contributed by atoms with Gasteiger partial charge in [0, 0.05) is 13.8 Å². The van der Waals surface area contributed by atoms with Gasteiger partial charge in [0.2, 0.25) is 0 Å². The average Bonchev–Trinajstić information content (AvgIpc) is 1.56. The van der Waals surface area contributed by atoms with E-state index >= 15 is 0 Å². The third kappa shape index (κ3) is 95.4. The molecule has 0 saturated heterocycles. The van der Waals surface area contributed by atoms with Crippen LogP contribution in [0.2, 0.25) is 0 Å². The van der Waals surface area contributed by atoms with Crippen LogP contribution in [0.25, 0.3) is 0 Å². The summed E-state index contributed by atoms with van der Waals surface area (Å²) < 4.78 is 3.97. The van der Waals surface area contributed by atoms with Crippen molar-refractivity contribution in [2.75, 3.05) is 0 Å². The maximum Gasteiger partial charge on any atom is 1.00 e. The molecule has 0 spiro atoms. The van der Waals surface area contributed by atoms with Crippen LogP contribution in [0.4, 0.5) is 0 Å². The Kier molecular flexibility index (Phi) is 38.7. The van der Waals surface area contributed by atoms with Gasteiger partial charge in [0.05, 0.1) is 0 Å². The third-order valence-corrected chi connectivity index (χ3v) is 0.287. The molecule has 0 bridgehead atoms. The third-order valence-electron chi connectivity index (χ3n) is 0.287. The molecule has 14 heavy (non-hydrogen) atoms. The van der Waals surface area contributed by atoms with Crippen molar-refractivity contribution in [3.8, 4) is 0 Å². The van der Waals surface area contributed by atoms with Crippen molar-refractivity contribution in [1.29, 1.82) is 0 Å². The predicted octanol–water partition coefficient (Wildman–Crippen LogP) is -4.85. The van der Waals surface area contributed by atoms with Gasteiger partial charge in [0.1, 0.15) is 0 Å². The smallest absolute Gasteiger partial charge is 0.528 e. The molecule has 0 unspecified atom stereocenters. The van der Waals surface area contributed by atoms with Crippen LogP contribution in [0.1, 0.15) is 20.8 Å². The van der Waals surface area contributed by atoms with Crippen molar-refractivity contribution in [2.45, 2.75) is 20.8 Å². The molecule has 8 heteroatoms. The summed E-state index contributed by atoms with van der Waals surface area (Å²) in [6.45, 7) is 3.67. The molecule has 0 aliphatic heterocycles. The van der Waals surface area contributed by atoms with Gasteiger partial charge < -0.3 is 28.3 Å². The first-order chi connectivity index (χ1) is 4.86. The summed E-state index contributed by atoms with van der Waals surface area (Å²) in [5, 5.41) is 0. The number of esters is 2. The van der Waals surface area contributed by atoms with Gasteiger partial charge in [-0.25, -0.2) is 0 Å². The molecular weight excluding hydrogens is 202 g/mol. The predicted molar refractivity (Wildman–Crippen MR) is 46.1 cm³/mol. The van der Waals surface area contributed by atoms with Gasteiger partial charge in [0.25, 0.3) is 0 Å². The van der Waals surface area contributed by atoms with Gasteiger partial charge in [-0.1, -0.05) is 6.92 Å². The number of hydrogen-bond donors (Lipinski definition) is 0. The van der Waals surface area contributed by atoms with Gasteiger partial charge in [-0.3, -0.25) is 9.59 Å². The van der Waals surface area contributed by atoms with Crippen molar-refractivity contribution < 1.29 is 59.6 Å². The van der Waals surface area contributed by atoms with Crippen molar-refractivity contribution in [3.05, 3.63) is 0 Å². The molecule has 0 fully saturated rings. The summed E-state index contributed by atoms with van der Waals surface area (Å²) in [6, 6.07) is 0. The number of hydrogen-bond acceptors (Lipinski definition) is 4. The largest absolute Gasteiger partial charge is 1.00 e. The zero-order valence-corrected chi connectivity index (χ0v) is 10.7. The van der Waals surface area contributed by atoms with E-state index in [0.717, 1.165) is 0 Å². The molecule has 0 aromatic heterocycles. The molecule has 0 amide bonds. The molecule has 0 aliphatic carbocycles.